The lowest BCUT2D eigenvalue weighted by Gasteiger charge is -2.41. The van der Waals surface area contributed by atoms with Gasteiger partial charge in [0, 0.05) is 24.7 Å². The normalized spacial score (nSPS) is 17.9. The minimum atomic E-state index is -0.815. The maximum atomic E-state index is 13.6. The number of aliphatic carboxylic acids is 1. The Bertz CT molecular complexity index is 998. The molecule has 2 amide bonds. The SMILES string of the molecule is Cc1cc(C)cc(NC(=O)N(Cc2ccc(OCCCC(=O)O)cc2)C2CCC(C(C)(C)C)CC2)c1. The summed E-state index contributed by atoms with van der Waals surface area (Å²) in [5.74, 6) is 0.571. The lowest BCUT2D eigenvalue weighted by Crippen LogP contribution is -2.45. The first kappa shape index (κ1) is 27.6. The molecule has 196 valence electrons. The molecule has 0 spiro atoms. The van der Waals surface area contributed by atoms with Gasteiger partial charge in [-0.3, -0.25) is 4.79 Å². The maximum absolute atomic E-state index is 13.6. The van der Waals surface area contributed by atoms with Crippen LogP contribution in [0.15, 0.2) is 42.5 Å². The fourth-order valence-electron chi connectivity index (χ4n) is 5.16. The fourth-order valence-corrected chi connectivity index (χ4v) is 5.16. The van der Waals surface area contributed by atoms with Gasteiger partial charge in [-0.15, -0.1) is 0 Å². The Morgan fingerprint density at radius 2 is 1.61 bits per heavy atom. The quantitative estimate of drug-likeness (QED) is 0.362. The molecule has 0 unspecified atom stereocenters. The van der Waals surface area contributed by atoms with E-state index < -0.39 is 5.97 Å². The van der Waals surface area contributed by atoms with Gasteiger partial charge in [-0.2, -0.15) is 0 Å². The first-order chi connectivity index (χ1) is 17.0. The van der Waals surface area contributed by atoms with E-state index in [4.69, 9.17) is 9.84 Å². The van der Waals surface area contributed by atoms with Crippen molar-refractivity contribution >= 4 is 17.7 Å². The Labute approximate surface area is 216 Å². The van der Waals surface area contributed by atoms with Crippen molar-refractivity contribution in [3.8, 4) is 5.75 Å². The minimum absolute atomic E-state index is 0.0618. The van der Waals surface area contributed by atoms with Crippen LogP contribution in [0.1, 0.15) is 76.0 Å². The number of hydrogen-bond donors (Lipinski definition) is 2. The number of rotatable bonds is 9. The van der Waals surface area contributed by atoms with Gasteiger partial charge in [0.1, 0.15) is 5.75 Å². The Morgan fingerprint density at radius 1 is 1.00 bits per heavy atom. The van der Waals surface area contributed by atoms with Crippen LogP contribution in [-0.4, -0.2) is 34.7 Å². The molecule has 1 fully saturated rings. The van der Waals surface area contributed by atoms with Crippen molar-refractivity contribution in [1.82, 2.24) is 4.90 Å². The molecule has 1 aliphatic rings. The van der Waals surface area contributed by atoms with E-state index in [1.54, 1.807) is 0 Å². The van der Waals surface area contributed by atoms with Crippen molar-refractivity contribution in [2.45, 2.75) is 85.7 Å². The number of nitrogens with zero attached hydrogens (tertiary/aromatic N) is 1. The summed E-state index contributed by atoms with van der Waals surface area (Å²) in [4.78, 5) is 26.2. The summed E-state index contributed by atoms with van der Waals surface area (Å²) >= 11 is 0. The van der Waals surface area contributed by atoms with E-state index in [-0.39, 0.29) is 23.9 Å². The summed E-state index contributed by atoms with van der Waals surface area (Å²) in [6.07, 6.45) is 4.84. The molecular formula is C30H42N2O4. The number of nitrogens with one attached hydrogen (secondary N) is 1. The number of carboxylic acid groups (broad SMARTS) is 1. The first-order valence-electron chi connectivity index (χ1n) is 13.1. The summed E-state index contributed by atoms with van der Waals surface area (Å²) in [5, 5.41) is 11.9. The minimum Gasteiger partial charge on any atom is -0.494 e. The van der Waals surface area contributed by atoms with Crippen molar-refractivity contribution in [2.24, 2.45) is 11.3 Å². The molecule has 3 rings (SSSR count). The van der Waals surface area contributed by atoms with Gasteiger partial charge in [0.25, 0.3) is 0 Å². The molecule has 1 aliphatic carbocycles. The number of aryl methyl sites for hydroxylation is 2. The highest BCUT2D eigenvalue weighted by Gasteiger charge is 2.33. The van der Waals surface area contributed by atoms with Gasteiger partial charge in [0.15, 0.2) is 0 Å². The third-order valence-corrected chi connectivity index (χ3v) is 7.18. The van der Waals surface area contributed by atoms with E-state index in [1.807, 2.05) is 55.1 Å². The average molecular weight is 495 g/mol. The van der Waals surface area contributed by atoms with Crippen LogP contribution in [0.25, 0.3) is 0 Å². The van der Waals surface area contributed by atoms with E-state index in [2.05, 4.69) is 32.2 Å². The fraction of sp³-hybridized carbons (Fsp3) is 0.533. The summed E-state index contributed by atoms with van der Waals surface area (Å²) in [6.45, 7) is 11.9. The molecule has 0 radical (unpaired) electrons. The highest BCUT2D eigenvalue weighted by molar-refractivity contribution is 5.89. The van der Waals surface area contributed by atoms with E-state index in [0.717, 1.165) is 48.1 Å². The zero-order chi connectivity index (χ0) is 26.3. The lowest BCUT2D eigenvalue weighted by atomic mass is 9.71. The second kappa shape index (κ2) is 12.3. The van der Waals surface area contributed by atoms with Crippen molar-refractivity contribution in [1.29, 1.82) is 0 Å². The third-order valence-electron chi connectivity index (χ3n) is 7.18. The number of amides is 2. The summed E-state index contributed by atoms with van der Waals surface area (Å²) in [6, 6.07) is 14.0. The molecule has 0 heterocycles. The molecule has 0 saturated heterocycles. The van der Waals surface area contributed by atoms with Gasteiger partial charge in [0.2, 0.25) is 0 Å². The standard InChI is InChI=1S/C30H42N2O4/c1-21-17-22(2)19-25(18-21)31-29(35)32(26-12-10-24(11-13-26)30(3,4)5)20-23-8-14-27(15-9-23)36-16-6-7-28(33)34/h8-9,14-15,17-19,24,26H,6-7,10-13,16,20H2,1-5H3,(H,31,35)(H,33,34). The maximum Gasteiger partial charge on any atom is 0.322 e. The van der Waals surface area contributed by atoms with E-state index in [9.17, 15) is 9.59 Å². The predicted octanol–water partition coefficient (Wildman–Crippen LogP) is 7.19. The van der Waals surface area contributed by atoms with Gasteiger partial charge < -0.3 is 20.1 Å². The molecule has 0 atom stereocenters. The zero-order valence-corrected chi connectivity index (χ0v) is 22.5. The molecular weight excluding hydrogens is 452 g/mol. The second-order valence-corrected chi connectivity index (χ2v) is 11.3. The molecule has 0 aliphatic heterocycles. The number of anilines is 1. The van der Waals surface area contributed by atoms with E-state index in [0.29, 0.717) is 31.2 Å². The highest BCUT2D eigenvalue weighted by atomic mass is 16.5. The molecule has 6 heteroatoms. The number of urea groups is 1. The average Bonchev–Trinajstić information content (AvgIpc) is 2.80. The Morgan fingerprint density at radius 3 is 2.17 bits per heavy atom. The van der Waals surface area contributed by atoms with Crippen molar-refractivity contribution < 1.29 is 19.4 Å². The molecule has 0 bridgehead atoms. The molecule has 2 aromatic carbocycles. The molecule has 0 aromatic heterocycles. The van der Waals surface area contributed by atoms with Crippen molar-refractivity contribution in [2.75, 3.05) is 11.9 Å². The largest absolute Gasteiger partial charge is 0.494 e. The predicted molar refractivity (Wildman–Crippen MR) is 144 cm³/mol. The van der Waals surface area contributed by atoms with E-state index >= 15 is 0 Å². The Hall–Kier alpha value is -3.02. The highest BCUT2D eigenvalue weighted by Crippen LogP contribution is 2.39. The van der Waals surface area contributed by atoms with Crippen LogP contribution >= 0.6 is 0 Å². The van der Waals surface area contributed by atoms with Crippen molar-refractivity contribution in [3.05, 3.63) is 59.2 Å². The number of carbonyl (C=O) groups is 2. The molecule has 2 aromatic rings. The number of carboxylic acids is 1. The van der Waals surface area contributed by atoms with Crippen LogP contribution in [0.4, 0.5) is 10.5 Å². The van der Waals surface area contributed by atoms with Gasteiger partial charge in [-0.1, -0.05) is 39.0 Å². The Balaban J connectivity index is 1.70. The number of hydrogen-bond acceptors (Lipinski definition) is 3. The number of ether oxygens (including phenoxy) is 1. The van der Waals surface area contributed by atoms with Crippen molar-refractivity contribution in [3.63, 3.8) is 0 Å². The van der Waals surface area contributed by atoms with Gasteiger partial charge in [-0.05, 0) is 98.2 Å². The molecule has 2 N–H and O–H groups in total. The van der Waals surface area contributed by atoms with Crippen LogP contribution in [0.3, 0.4) is 0 Å². The number of benzene rings is 2. The zero-order valence-electron chi connectivity index (χ0n) is 22.5. The third kappa shape index (κ3) is 8.28. The van der Waals surface area contributed by atoms with Crippen LogP contribution in [0, 0.1) is 25.2 Å². The van der Waals surface area contributed by atoms with Crippen LogP contribution in [0.2, 0.25) is 0 Å². The topological polar surface area (TPSA) is 78.9 Å². The van der Waals surface area contributed by atoms with Gasteiger partial charge in [-0.25, -0.2) is 4.79 Å². The lowest BCUT2D eigenvalue weighted by molar-refractivity contribution is -0.137. The molecule has 1 saturated carbocycles. The van der Waals surface area contributed by atoms with Crippen LogP contribution in [0.5, 0.6) is 5.75 Å². The summed E-state index contributed by atoms with van der Waals surface area (Å²) in [5.41, 5.74) is 4.41. The van der Waals surface area contributed by atoms with Crippen LogP contribution in [-0.2, 0) is 11.3 Å². The molecule has 36 heavy (non-hydrogen) atoms. The summed E-state index contributed by atoms with van der Waals surface area (Å²) in [7, 11) is 0. The van der Waals surface area contributed by atoms with Crippen LogP contribution < -0.4 is 10.1 Å². The molecule has 6 nitrogen and oxygen atoms in total. The number of carbonyl (C=O) groups excluding carboxylic acids is 1. The van der Waals surface area contributed by atoms with Gasteiger partial charge >= 0.3 is 12.0 Å². The van der Waals surface area contributed by atoms with E-state index in [1.165, 1.54) is 0 Å². The second-order valence-electron chi connectivity index (χ2n) is 11.3. The monoisotopic (exact) mass is 494 g/mol. The smallest absolute Gasteiger partial charge is 0.322 e. The summed E-state index contributed by atoms with van der Waals surface area (Å²) < 4.78 is 5.67. The Kier molecular flexibility index (Phi) is 9.41. The van der Waals surface area contributed by atoms with Gasteiger partial charge in [0.05, 0.1) is 6.61 Å². The first-order valence-corrected chi connectivity index (χ1v) is 13.1.